The molecule has 154 valence electrons. The Morgan fingerprint density at radius 2 is 1.48 bits per heavy atom. The van der Waals surface area contributed by atoms with Gasteiger partial charge in [-0.15, -0.1) is 11.3 Å². The van der Waals surface area contributed by atoms with Crippen LogP contribution in [0, 0.1) is 15.8 Å². The van der Waals surface area contributed by atoms with Crippen molar-refractivity contribution >= 4 is 33.8 Å². The van der Waals surface area contributed by atoms with Crippen molar-refractivity contribution in [3.8, 4) is 0 Å². The maximum Gasteiger partial charge on any atom is 0.159 e. The SMILES string of the molecule is CCCCC(CC)CNCC(CC)CCCC.S=c1[nH]c2ccccc2s1. The van der Waals surface area contributed by atoms with Gasteiger partial charge in [0, 0.05) is 0 Å². The van der Waals surface area contributed by atoms with Crippen LogP contribution in [-0.2, 0) is 0 Å². The molecule has 1 aromatic carbocycles. The molecule has 0 aliphatic carbocycles. The summed E-state index contributed by atoms with van der Waals surface area (Å²) in [5.41, 5.74) is 1.14. The van der Waals surface area contributed by atoms with Gasteiger partial charge in [0.25, 0.3) is 0 Å². The second-order valence-corrected chi connectivity index (χ2v) is 9.22. The van der Waals surface area contributed by atoms with E-state index in [1.165, 1.54) is 69.2 Å². The van der Waals surface area contributed by atoms with E-state index in [0.29, 0.717) is 0 Å². The smallest absolute Gasteiger partial charge is 0.159 e. The normalized spacial score (nSPS) is 13.2. The summed E-state index contributed by atoms with van der Waals surface area (Å²) in [7, 11) is 0. The lowest BCUT2D eigenvalue weighted by Crippen LogP contribution is -2.28. The minimum atomic E-state index is 0.848. The fraction of sp³-hybridized carbons (Fsp3) is 0.696. The molecule has 27 heavy (non-hydrogen) atoms. The standard InChI is InChI=1S/C16H35N.C7H5NS2/c1-5-9-11-15(7-3)13-17-14-16(8-4)12-10-6-2;9-7-8-5-3-1-2-4-6(5)10-7/h15-17H,5-14H2,1-4H3;1-4H,(H,8,9). The average molecular weight is 409 g/mol. The van der Waals surface area contributed by atoms with Crippen LogP contribution in [0.25, 0.3) is 10.2 Å². The maximum absolute atomic E-state index is 4.98. The van der Waals surface area contributed by atoms with Gasteiger partial charge in [0.15, 0.2) is 3.95 Å². The summed E-state index contributed by atoms with van der Waals surface area (Å²) in [6.07, 6.45) is 10.9. The predicted octanol–water partition coefficient (Wildman–Crippen LogP) is 7.97. The van der Waals surface area contributed by atoms with Crippen molar-refractivity contribution < 1.29 is 0 Å². The Labute approximate surface area is 176 Å². The van der Waals surface area contributed by atoms with Gasteiger partial charge in [0.2, 0.25) is 0 Å². The van der Waals surface area contributed by atoms with E-state index in [1.807, 2.05) is 18.2 Å². The summed E-state index contributed by atoms with van der Waals surface area (Å²) in [4.78, 5) is 3.09. The van der Waals surface area contributed by atoms with Gasteiger partial charge in [-0.3, -0.25) is 0 Å². The van der Waals surface area contributed by atoms with E-state index in [1.54, 1.807) is 11.3 Å². The molecule has 2 N–H and O–H groups in total. The predicted molar refractivity (Wildman–Crippen MR) is 126 cm³/mol. The van der Waals surface area contributed by atoms with Crippen LogP contribution in [0.2, 0.25) is 0 Å². The Balaban J connectivity index is 0.000000303. The molecule has 0 bridgehead atoms. The molecule has 2 aromatic rings. The van der Waals surface area contributed by atoms with Crippen LogP contribution < -0.4 is 5.32 Å². The minimum absolute atomic E-state index is 0.848. The number of thiazole rings is 1. The molecule has 4 heteroatoms. The van der Waals surface area contributed by atoms with Crippen LogP contribution in [-0.4, -0.2) is 18.1 Å². The van der Waals surface area contributed by atoms with E-state index < -0.39 is 0 Å². The largest absolute Gasteiger partial charge is 0.337 e. The molecule has 1 aromatic heterocycles. The van der Waals surface area contributed by atoms with E-state index in [2.05, 4.69) is 44.1 Å². The number of hydrogen-bond donors (Lipinski definition) is 2. The monoisotopic (exact) mass is 408 g/mol. The number of benzene rings is 1. The van der Waals surface area contributed by atoms with Crippen molar-refractivity contribution in [1.82, 2.24) is 10.3 Å². The fourth-order valence-electron chi connectivity index (χ4n) is 3.27. The number of aromatic nitrogens is 1. The Kier molecular flexibility index (Phi) is 13.7. The molecule has 0 saturated carbocycles. The molecule has 0 aliphatic heterocycles. The van der Waals surface area contributed by atoms with E-state index in [-0.39, 0.29) is 0 Å². The Morgan fingerprint density at radius 1 is 0.926 bits per heavy atom. The number of rotatable bonds is 12. The first kappa shape index (κ1) is 24.3. The molecule has 2 unspecified atom stereocenters. The van der Waals surface area contributed by atoms with Crippen molar-refractivity contribution in [3.63, 3.8) is 0 Å². The zero-order valence-corrected chi connectivity index (χ0v) is 19.5. The minimum Gasteiger partial charge on any atom is -0.337 e. The Morgan fingerprint density at radius 3 is 1.96 bits per heavy atom. The van der Waals surface area contributed by atoms with E-state index in [4.69, 9.17) is 12.2 Å². The second-order valence-electron chi connectivity index (χ2n) is 7.50. The van der Waals surface area contributed by atoms with E-state index in [0.717, 1.165) is 21.3 Å². The average Bonchev–Trinajstić information content (AvgIpc) is 3.07. The number of para-hydroxylation sites is 1. The number of hydrogen-bond acceptors (Lipinski definition) is 3. The van der Waals surface area contributed by atoms with Crippen molar-refractivity contribution in [1.29, 1.82) is 0 Å². The topological polar surface area (TPSA) is 27.8 Å². The molecule has 1 heterocycles. The van der Waals surface area contributed by atoms with Crippen LogP contribution in [0.4, 0.5) is 0 Å². The molecule has 0 fully saturated rings. The van der Waals surface area contributed by atoms with Gasteiger partial charge in [-0.25, -0.2) is 0 Å². The summed E-state index contributed by atoms with van der Waals surface area (Å²) in [5, 5.41) is 3.71. The summed E-state index contributed by atoms with van der Waals surface area (Å²) in [6.45, 7) is 11.7. The third kappa shape index (κ3) is 10.4. The number of fused-ring (bicyclic) bond motifs is 1. The van der Waals surface area contributed by atoms with Crippen LogP contribution >= 0.6 is 23.6 Å². The van der Waals surface area contributed by atoms with Crippen LogP contribution in [0.15, 0.2) is 24.3 Å². The number of unbranched alkanes of at least 4 members (excludes halogenated alkanes) is 2. The zero-order valence-electron chi connectivity index (χ0n) is 17.9. The number of nitrogens with one attached hydrogen (secondary N) is 2. The quantitative estimate of drug-likeness (QED) is 0.348. The van der Waals surface area contributed by atoms with Gasteiger partial charge in [0.05, 0.1) is 10.2 Å². The van der Waals surface area contributed by atoms with Crippen LogP contribution in [0.5, 0.6) is 0 Å². The molecule has 0 amide bonds. The fourth-order valence-corrected chi connectivity index (χ4v) is 4.39. The van der Waals surface area contributed by atoms with Crippen LogP contribution in [0.1, 0.15) is 79.1 Å². The first-order chi connectivity index (χ1) is 13.1. The Bertz CT molecular complexity index is 595. The van der Waals surface area contributed by atoms with Gasteiger partial charge in [-0.05, 0) is 62.1 Å². The van der Waals surface area contributed by atoms with Gasteiger partial charge >= 0.3 is 0 Å². The number of H-pyrrole nitrogens is 1. The van der Waals surface area contributed by atoms with E-state index in [9.17, 15) is 0 Å². The third-order valence-corrected chi connectivity index (χ3v) is 6.49. The summed E-state index contributed by atoms with van der Waals surface area (Å²) in [5.74, 6) is 1.80. The third-order valence-electron chi connectivity index (χ3n) is 5.28. The van der Waals surface area contributed by atoms with Gasteiger partial charge < -0.3 is 10.3 Å². The molecular formula is C23H40N2S2. The van der Waals surface area contributed by atoms with Crippen molar-refractivity contribution in [2.75, 3.05) is 13.1 Å². The van der Waals surface area contributed by atoms with E-state index >= 15 is 0 Å². The lowest BCUT2D eigenvalue weighted by Gasteiger charge is -2.19. The zero-order chi connectivity index (χ0) is 19.9. The molecule has 2 rings (SSSR count). The first-order valence-electron chi connectivity index (χ1n) is 10.9. The van der Waals surface area contributed by atoms with Gasteiger partial charge in [-0.2, -0.15) is 0 Å². The lowest BCUT2D eigenvalue weighted by atomic mass is 9.97. The van der Waals surface area contributed by atoms with Gasteiger partial charge in [0.1, 0.15) is 0 Å². The molecule has 0 saturated heterocycles. The summed E-state index contributed by atoms with van der Waals surface area (Å²) < 4.78 is 2.08. The summed E-state index contributed by atoms with van der Waals surface area (Å²) in [6, 6.07) is 8.11. The van der Waals surface area contributed by atoms with Crippen molar-refractivity contribution in [3.05, 3.63) is 28.2 Å². The Hall–Kier alpha value is -0.710. The summed E-state index contributed by atoms with van der Waals surface area (Å²) >= 11 is 6.59. The van der Waals surface area contributed by atoms with Crippen LogP contribution in [0.3, 0.4) is 0 Å². The second kappa shape index (κ2) is 15.2. The molecule has 2 atom stereocenters. The molecule has 0 radical (unpaired) electrons. The number of aromatic amines is 1. The highest BCUT2D eigenvalue weighted by Gasteiger charge is 2.08. The maximum atomic E-state index is 4.98. The molecule has 0 aliphatic rings. The van der Waals surface area contributed by atoms with Gasteiger partial charge in [-0.1, -0.05) is 78.4 Å². The highest BCUT2D eigenvalue weighted by molar-refractivity contribution is 7.73. The highest BCUT2D eigenvalue weighted by Crippen LogP contribution is 2.17. The van der Waals surface area contributed by atoms with Crippen molar-refractivity contribution in [2.24, 2.45) is 11.8 Å². The van der Waals surface area contributed by atoms with Crippen molar-refractivity contribution in [2.45, 2.75) is 79.1 Å². The lowest BCUT2D eigenvalue weighted by molar-refractivity contribution is 0.372. The molecule has 2 nitrogen and oxygen atoms in total. The first-order valence-corrected chi connectivity index (χ1v) is 12.1. The molecular weight excluding hydrogens is 368 g/mol. The highest BCUT2D eigenvalue weighted by atomic mass is 32.1. The molecule has 0 spiro atoms.